The van der Waals surface area contributed by atoms with Gasteiger partial charge in [-0.15, -0.1) is 11.3 Å². The molecule has 56 heavy (non-hydrogen) atoms. The smallest absolute Gasteiger partial charge is 0.160 e. The van der Waals surface area contributed by atoms with E-state index in [2.05, 4.69) is 199 Å². The number of para-hydroxylation sites is 2. The zero-order valence-corrected chi connectivity index (χ0v) is 31.1. The maximum absolute atomic E-state index is 5.42. The molecule has 0 aliphatic heterocycles. The standard InChI is InChI=1S/C52H33N3S/c1-4-16-34(17-5-1)38-30-39(35-18-6-2-7-19-35)32-40(31-38)49-51-50(54-52(53-49)36-20-8-3-9-21-36)48-42(26-15-29-47(48)56-51)37-22-14-23-41(33-37)55-45-27-12-10-24-43(45)44-25-11-13-28-46(44)55/h1-33H. The minimum atomic E-state index is 0.716. The third-order valence-electron chi connectivity index (χ3n) is 10.8. The second-order valence-electron chi connectivity index (χ2n) is 14.2. The average Bonchev–Trinajstić information content (AvgIpc) is 3.83. The predicted molar refractivity (Wildman–Crippen MR) is 236 cm³/mol. The Hall–Kier alpha value is -7.14. The fourth-order valence-electron chi connectivity index (χ4n) is 8.21. The lowest BCUT2D eigenvalue weighted by molar-refractivity contribution is 1.18. The van der Waals surface area contributed by atoms with Gasteiger partial charge in [0.15, 0.2) is 5.82 Å². The Bertz CT molecular complexity index is 3120. The summed E-state index contributed by atoms with van der Waals surface area (Å²) < 4.78 is 4.65. The predicted octanol–water partition coefficient (Wildman–Crippen LogP) is 14.3. The summed E-state index contributed by atoms with van der Waals surface area (Å²) in [4.78, 5) is 10.8. The van der Waals surface area contributed by atoms with E-state index in [1.165, 1.54) is 37.6 Å². The van der Waals surface area contributed by atoms with Crippen LogP contribution in [0.2, 0.25) is 0 Å². The first-order valence-electron chi connectivity index (χ1n) is 18.9. The fourth-order valence-corrected chi connectivity index (χ4v) is 9.39. The van der Waals surface area contributed by atoms with Gasteiger partial charge in [-0.2, -0.15) is 0 Å². The minimum Gasteiger partial charge on any atom is -0.309 e. The van der Waals surface area contributed by atoms with Crippen molar-refractivity contribution in [1.29, 1.82) is 0 Å². The highest BCUT2D eigenvalue weighted by Gasteiger charge is 2.21. The van der Waals surface area contributed by atoms with Gasteiger partial charge < -0.3 is 4.57 Å². The van der Waals surface area contributed by atoms with E-state index < -0.39 is 0 Å². The van der Waals surface area contributed by atoms with Crippen molar-refractivity contribution in [2.24, 2.45) is 0 Å². The molecule has 3 aromatic heterocycles. The van der Waals surface area contributed by atoms with E-state index in [-0.39, 0.29) is 0 Å². The van der Waals surface area contributed by atoms with Crippen LogP contribution in [0, 0.1) is 0 Å². The molecule has 0 bridgehead atoms. The van der Waals surface area contributed by atoms with Crippen LogP contribution in [0.3, 0.4) is 0 Å². The topological polar surface area (TPSA) is 30.7 Å². The van der Waals surface area contributed by atoms with E-state index >= 15 is 0 Å². The SMILES string of the molecule is c1ccc(-c2cc(-c3ccccc3)cc(-c3nc(-c4ccccc4)nc4c3sc3cccc(-c5cccc(-n6c7ccccc7c7ccccc76)c5)c34)c2)cc1. The summed E-state index contributed by atoms with van der Waals surface area (Å²) in [5, 5.41) is 3.66. The zero-order chi connectivity index (χ0) is 37.0. The van der Waals surface area contributed by atoms with E-state index in [1.54, 1.807) is 11.3 Å². The number of benzene rings is 8. The average molecular weight is 732 g/mol. The van der Waals surface area contributed by atoms with E-state index in [0.29, 0.717) is 5.82 Å². The molecule has 0 atom stereocenters. The number of aromatic nitrogens is 3. The van der Waals surface area contributed by atoms with Gasteiger partial charge in [-0.25, -0.2) is 9.97 Å². The highest BCUT2D eigenvalue weighted by atomic mass is 32.1. The number of fused-ring (bicyclic) bond motifs is 6. The van der Waals surface area contributed by atoms with Crippen molar-refractivity contribution < 1.29 is 0 Å². The summed E-state index contributed by atoms with van der Waals surface area (Å²) in [5.74, 6) is 0.716. The molecule has 0 saturated carbocycles. The van der Waals surface area contributed by atoms with Gasteiger partial charge >= 0.3 is 0 Å². The molecule has 11 rings (SSSR count). The molecular weight excluding hydrogens is 699 g/mol. The first-order valence-corrected chi connectivity index (χ1v) is 19.7. The number of thiophene rings is 1. The van der Waals surface area contributed by atoms with Crippen LogP contribution < -0.4 is 0 Å². The fraction of sp³-hybridized carbons (Fsp3) is 0. The van der Waals surface area contributed by atoms with Gasteiger partial charge in [-0.1, -0.05) is 152 Å². The monoisotopic (exact) mass is 731 g/mol. The van der Waals surface area contributed by atoms with Crippen molar-refractivity contribution in [2.75, 3.05) is 0 Å². The maximum atomic E-state index is 5.42. The summed E-state index contributed by atoms with van der Waals surface area (Å²) >= 11 is 1.77. The molecule has 3 nitrogen and oxygen atoms in total. The summed E-state index contributed by atoms with van der Waals surface area (Å²) in [6.45, 7) is 0. The van der Waals surface area contributed by atoms with E-state index in [9.17, 15) is 0 Å². The molecule has 4 heteroatoms. The minimum absolute atomic E-state index is 0.716. The molecular formula is C52H33N3S. The first kappa shape index (κ1) is 32.3. The van der Waals surface area contributed by atoms with Gasteiger partial charge in [-0.3, -0.25) is 0 Å². The molecule has 0 spiro atoms. The van der Waals surface area contributed by atoms with Crippen LogP contribution in [0.5, 0.6) is 0 Å². The Kier molecular flexibility index (Phi) is 7.68. The molecule has 0 amide bonds. The Labute approximate surface area is 328 Å². The highest BCUT2D eigenvalue weighted by molar-refractivity contribution is 7.26. The van der Waals surface area contributed by atoms with Crippen molar-refractivity contribution in [1.82, 2.24) is 14.5 Å². The lowest BCUT2D eigenvalue weighted by Crippen LogP contribution is -1.95. The van der Waals surface area contributed by atoms with Crippen LogP contribution in [0.15, 0.2) is 200 Å². The summed E-state index contributed by atoms with van der Waals surface area (Å²) in [6, 6.07) is 71.5. The van der Waals surface area contributed by atoms with Crippen molar-refractivity contribution in [3.8, 4) is 61.7 Å². The van der Waals surface area contributed by atoms with Crippen LogP contribution in [0.25, 0.3) is 104 Å². The quantitative estimate of drug-likeness (QED) is 0.170. The Balaban J connectivity index is 1.17. The van der Waals surface area contributed by atoms with Crippen LogP contribution in [-0.2, 0) is 0 Å². The Morgan fingerprint density at radius 3 is 1.57 bits per heavy atom. The van der Waals surface area contributed by atoms with Crippen molar-refractivity contribution in [3.63, 3.8) is 0 Å². The van der Waals surface area contributed by atoms with Gasteiger partial charge in [0.2, 0.25) is 0 Å². The number of hydrogen-bond acceptors (Lipinski definition) is 3. The van der Waals surface area contributed by atoms with Gasteiger partial charge in [0, 0.05) is 37.7 Å². The number of hydrogen-bond donors (Lipinski definition) is 0. The molecule has 262 valence electrons. The van der Waals surface area contributed by atoms with E-state index in [4.69, 9.17) is 9.97 Å². The Morgan fingerprint density at radius 2 is 0.929 bits per heavy atom. The van der Waals surface area contributed by atoms with Crippen molar-refractivity contribution in [2.45, 2.75) is 0 Å². The van der Waals surface area contributed by atoms with Gasteiger partial charge in [-0.05, 0) is 81.9 Å². The summed E-state index contributed by atoms with van der Waals surface area (Å²) in [5.41, 5.74) is 14.4. The Morgan fingerprint density at radius 1 is 0.393 bits per heavy atom. The van der Waals surface area contributed by atoms with E-state index in [0.717, 1.165) is 60.4 Å². The van der Waals surface area contributed by atoms with Gasteiger partial charge in [0.05, 0.1) is 26.9 Å². The van der Waals surface area contributed by atoms with E-state index in [1.807, 2.05) is 6.07 Å². The molecule has 0 saturated heterocycles. The first-order chi connectivity index (χ1) is 27.8. The number of nitrogens with zero attached hydrogens (tertiary/aromatic N) is 3. The van der Waals surface area contributed by atoms with Crippen LogP contribution in [-0.4, -0.2) is 14.5 Å². The van der Waals surface area contributed by atoms with Crippen LogP contribution in [0.4, 0.5) is 0 Å². The summed E-state index contributed by atoms with van der Waals surface area (Å²) in [6.07, 6.45) is 0. The third-order valence-corrected chi connectivity index (χ3v) is 11.9. The van der Waals surface area contributed by atoms with Gasteiger partial charge in [0.1, 0.15) is 0 Å². The molecule has 0 aliphatic rings. The lowest BCUT2D eigenvalue weighted by Gasteiger charge is -2.13. The summed E-state index contributed by atoms with van der Waals surface area (Å²) in [7, 11) is 0. The second kappa shape index (κ2) is 13.3. The van der Waals surface area contributed by atoms with Crippen LogP contribution in [0.1, 0.15) is 0 Å². The lowest BCUT2D eigenvalue weighted by atomic mass is 9.94. The molecule has 0 N–H and O–H groups in total. The number of rotatable bonds is 6. The molecule has 0 aliphatic carbocycles. The maximum Gasteiger partial charge on any atom is 0.160 e. The third kappa shape index (κ3) is 5.42. The largest absolute Gasteiger partial charge is 0.309 e. The zero-order valence-electron chi connectivity index (χ0n) is 30.3. The van der Waals surface area contributed by atoms with Crippen molar-refractivity contribution in [3.05, 3.63) is 200 Å². The second-order valence-corrected chi connectivity index (χ2v) is 15.2. The normalized spacial score (nSPS) is 11.6. The molecule has 0 radical (unpaired) electrons. The molecule has 0 fully saturated rings. The molecule has 0 unspecified atom stereocenters. The molecule has 3 heterocycles. The molecule has 11 aromatic rings. The highest BCUT2D eigenvalue weighted by Crippen LogP contribution is 2.45. The van der Waals surface area contributed by atoms with Crippen LogP contribution >= 0.6 is 11.3 Å². The van der Waals surface area contributed by atoms with Gasteiger partial charge in [0.25, 0.3) is 0 Å². The molecule has 8 aromatic carbocycles. The van der Waals surface area contributed by atoms with Crippen molar-refractivity contribution >= 4 is 53.4 Å².